The first-order valence-electron chi connectivity index (χ1n) is 4.54. The molecule has 0 saturated heterocycles. The van der Waals surface area contributed by atoms with Crippen LogP contribution in [0.1, 0.15) is 11.1 Å². The fourth-order valence-corrected chi connectivity index (χ4v) is 1.21. The summed E-state index contributed by atoms with van der Waals surface area (Å²) in [6.07, 6.45) is -4.48. The third kappa shape index (κ3) is 2.87. The summed E-state index contributed by atoms with van der Waals surface area (Å²) in [5.41, 5.74) is 4.27. The van der Waals surface area contributed by atoms with E-state index in [2.05, 4.69) is 5.32 Å². The third-order valence-corrected chi connectivity index (χ3v) is 1.91. The van der Waals surface area contributed by atoms with Crippen LogP contribution in [0.25, 0.3) is 0 Å². The molecule has 0 aliphatic heterocycles. The summed E-state index contributed by atoms with van der Waals surface area (Å²) in [7, 11) is 0. The van der Waals surface area contributed by atoms with Crippen molar-refractivity contribution in [2.24, 2.45) is 5.73 Å². The largest absolute Gasteiger partial charge is 0.418 e. The first kappa shape index (κ1) is 12.3. The van der Waals surface area contributed by atoms with E-state index < -0.39 is 11.7 Å². The van der Waals surface area contributed by atoms with E-state index in [1.165, 1.54) is 12.1 Å². The standard InChI is InChI=1S/C10H10F3N3/c11-10(12,13)8-5-7(6-15)1-2-9(8)16-4-3-14/h1-2,5,16H,3-4,14H2. The van der Waals surface area contributed by atoms with Crippen LogP contribution in [0.3, 0.4) is 0 Å². The number of halogens is 3. The number of rotatable bonds is 3. The highest BCUT2D eigenvalue weighted by Gasteiger charge is 2.33. The topological polar surface area (TPSA) is 61.8 Å². The van der Waals surface area contributed by atoms with Gasteiger partial charge in [-0.25, -0.2) is 0 Å². The zero-order chi connectivity index (χ0) is 12.2. The zero-order valence-corrected chi connectivity index (χ0v) is 8.30. The minimum absolute atomic E-state index is 0.0226. The summed E-state index contributed by atoms with van der Waals surface area (Å²) in [5.74, 6) is 0. The van der Waals surface area contributed by atoms with Crippen molar-refractivity contribution in [2.45, 2.75) is 6.18 Å². The van der Waals surface area contributed by atoms with Crippen LogP contribution >= 0.6 is 0 Å². The van der Waals surface area contributed by atoms with Gasteiger partial charge in [0.15, 0.2) is 0 Å². The van der Waals surface area contributed by atoms with Crippen LogP contribution in [-0.4, -0.2) is 13.1 Å². The molecular weight excluding hydrogens is 219 g/mol. The Kier molecular flexibility index (Phi) is 3.74. The van der Waals surface area contributed by atoms with Gasteiger partial charge in [-0.3, -0.25) is 0 Å². The number of nitrogens with zero attached hydrogens (tertiary/aromatic N) is 1. The number of benzene rings is 1. The zero-order valence-electron chi connectivity index (χ0n) is 8.30. The first-order valence-corrected chi connectivity index (χ1v) is 4.54. The molecule has 1 aromatic carbocycles. The molecule has 1 aromatic rings. The average molecular weight is 229 g/mol. The molecule has 0 atom stereocenters. The predicted octanol–water partition coefficient (Wildman–Crippen LogP) is 1.95. The summed E-state index contributed by atoms with van der Waals surface area (Å²) in [5, 5.41) is 11.1. The molecule has 16 heavy (non-hydrogen) atoms. The normalized spacial score (nSPS) is 10.9. The fraction of sp³-hybridized carbons (Fsp3) is 0.300. The van der Waals surface area contributed by atoms with Crippen LogP contribution in [0.15, 0.2) is 18.2 Å². The molecule has 86 valence electrons. The van der Waals surface area contributed by atoms with E-state index in [0.717, 1.165) is 6.07 Å². The Morgan fingerprint density at radius 3 is 2.56 bits per heavy atom. The van der Waals surface area contributed by atoms with E-state index >= 15 is 0 Å². The Bertz CT molecular complexity index is 407. The molecular formula is C10H10F3N3. The maximum Gasteiger partial charge on any atom is 0.418 e. The SMILES string of the molecule is N#Cc1ccc(NCCN)c(C(F)(F)F)c1. The summed E-state index contributed by atoms with van der Waals surface area (Å²) in [6.45, 7) is 0.478. The van der Waals surface area contributed by atoms with Gasteiger partial charge in [0.25, 0.3) is 0 Å². The van der Waals surface area contributed by atoms with Gasteiger partial charge in [0, 0.05) is 18.8 Å². The highest BCUT2D eigenvalue weighted by atomic mass is 19.4. The van der Waals surface area contributed by atoms with E-state index in [0.29, 0.717) is 0 Å². The van der Waals surface area contributed by atoms with E-state index in [-0.39, 0.29) is 24.3 Å². The van der Waals surface area contributed by atoms with Crippen molar-refractivity contribution in [1.29, 1.82) is 5.26 Å². The fourth-order valence-electron chi connectivity index (χ4n) is 1.21. The minimum Gasteiger partial charge on any atom is -0.383 e. The van der Waals surface area contributed by atoms with Crippen LogP contribution in [-0.2, 0) is 6.18 Å². The van der Waals surface area contributed by atoms with Crippen molar-refractivity contribution >= 4 is 5.69 Å². The Hall–Kier alpha value is -1.74. The van der Waals surface area contributed by atoms with Crippen molar-refractivity contribution in [2.75, 3.05) is 18.4 Å². The second-order valence-electron chi connectivity index (χ2n) is 3.09. The summed E-state index contributed by atoms with van der Waals surface area (Å²) in [4.78, 5) is 0. The van der Waals surface area contributed by atoms with E-state index in [1.54, 1.807) is 6.07 Å². The molecule has 0 aromatic heterocycles. The molecule has 6 heteroatoms. The average Bonchev–Trinajstić information content (AvgIpc) is 2.25. The molecule has 3 nitrogen and oxygen atoms in total. The molecule has 0 bridgehead atoms. The quantitative estimate of drug-likeness (QED) is 0.832. The van der Waals surface area contributed by atoms with Crippen molar-refractivity contribution in [3.05, 3.63) is 29.3 Å². The van der Waals surface area contributed by atoms with Gasteiger partial charge in [-0.05, 0) is 18.2 Å². The van der Waals surface area contributed by atoms with Gasteiger partial charge >= 0.3 is 6.18 Å². The third-order valence-electron chi connectivity index (χ3n) is 1.91. The Morgan fingerprint density at radius 2 is 2.06 bits per heavy atom. The lowest BCUT2D eigenvalue weighted by atomic mass is 10.1. The Balaban J connectivity index is 3.13. The molecule has 3 N–H and O–H groups in total. The number of nitrogens with one attached hydrogen (secondary N) is 1. The Labute approximate surface area is 90.7 Å². The molecule has 0 aliphatic carbocycles. The van der Waals surface area contributed by atoms with Crippen molar-refractivity contribution in [1.82, 2.24) is 0 Å². The van der Waals surface area contributed by atoms with E-state index in [4.69, 9.17) is 11.0 Å². The summed E-state index contributed by atoms with van der Waals surface area (Å²) in [6, 6.07) is 5.05. The van der Waals surface area contributed by atoms with Crippen LogP contribution in [0.5, 0.6) is 0 Å². The van der Waals surface area contributed by atoms with Gasteiger partial charge in [0.2, 0.25) is 0 Å². The molecule has 0 saturated carbocycles. The molecule has 0 radical (unpaired) electrons. The van der Waals surface area contributed by atoms with Crippen molar-refractivity contribution < 1.29 is 13.2 Å². The van der Waals surface area contributed by atoms with Gasteiger partial charge in [0.05, 0.1) is 17.2 Å². The van der Waals surface area contributed by atoms with Gasteiger partial charge < -0.3 is 11.1 Å². The van der Waals surface area contributed by atoms with E-state index in [9.17, 15) is 13.2 Å². The molecule has 0 amide bonds. The molecule has 0 fully saturated rings. The number of nitrogens with two attached hydrogens (primary N) is 1. The van der Waals surface area contributed by atoms with Crippen LogP contribution in [0.4, 0.5) is 18.9 Å². The van der Waals surface area contributed by atoms with Gasteiger partial charge in [-0.2, -0.15) is 18.4 Å². The van der Waals surface area contributed by atoms with E-state index in [1.807, 2.05) is 0 Å². The molecule has 0 spiro atoms. The van der Waals surface area contributed by atoms with Crippen molar-refractivity contribution in [3.63, 3.8) is 0 Å². The molecule has 0 heterocycles. The lowest BCUT2D eigenvalue weighted by Crippen LogP contribution is -2.16. The second-order valence-corrected chi connectivity index (χ2v) is 3.09. The number of hydrogen-bond donors (Lipinski definition) is 2. The summed E-state index contributed by atoms with van der Waals surface area (Å²) >= 11 is 0. The first-order chi connectivity index (χ1) is 7.49. The van der Waals surface area contributed by atoms with Crippen LogP contribution < -0.4 is 11.1 Å². The lowest BCUT2D eigenvalue weighted by Gasteiger charge is -2.14. The van der Waals surface area contributed by atoms with Crippen LogP contribution in [0.2, 0.25) is 0 Å². The highest BCUT2D eigenvalue weighted by Crippen LogP contribution is 2.35. The maximum absolute atomic E-state index is 12.6. The number of hydrogen-bond acceptors (Lipinski definition) is 3. The number of nitriles is 1. The minimum atomic E-state index is -4.48. The molecule has 0 unspecified atom stereocenters. The van der Waals surface area contributed by atoms with Gasteiger partial charge in [0.1, 0.15) is 0 Å². The predicted molar refractivity (Wildman–Crippen MR) is 53.7 cm³/mol. The van der Waals surface area contributed by atoms with Crippen molar-refractivity contribution in [3.8, 4) is 6.07 Å². The molecule has 1 rings (SSSR count). The highest BCUT2D eigenvalue weighted by molar-refractivity contribution is 5.56. The lowest BCUT2D eigenvalue weighted by molar-refractivity contribution is -0.137. The smallest absolute Gasteiger partial charge is 0.383 e. The number of alkyl halides is 3. The van der Waals surface area contributed by atoms with Crippen LogP contribution in [0, 0.1) is 11.3 Å². The summed E-state index contributed by atoms with van der Waals surface area (Å²) < 4.78 is 37.8. The molecule has 0 aliphatic rings. The monoisotopic (exact) mass is 229 g/mol. The maximum atomic E-state index is 12.6. The van der Waals surface area contributed by atoms with Gasteiger partial charge in [-0.15, -0.1) is 0 Å². The Morgan fingerprint density at radius 1 is 1.38 bits per heavy atom. The van der Waals surface area contributed by atoms with Gasteiger partial charge in [-0.1, -0.05) is 0 Å². The number of anilines is 1. The second kappa shape index (κ2) is 4.86.